The summed E-state index contributed by atoms with van der Waals surface area (Å²) in [4.78, 5) is 19.5. The van der Waals surface area contributed by atoms with Crippen molar-refractivity contribution in [2.24, 2.45) is 0 Å². The van der Waals surface area contributed by atoms with Crippen LogP contribution in [0.25, 0.3) is 22.3 Å². The van der Waals surface area contributed by atoms with E-state index in [0.29, 0.717) is 6.04 Å². The maximum Gasteiger partial charge on any atom is 0.229 e. The first kappa shape index (κ1) is 19.5. The number of ether oxygens (including phenoxy) is 1. The lowest BCUT2D eigenvalue weighted by Gasteiger charge is -2.35. The molecule has 1 unspecified atom stereocenters. The minimum absolute atomic E-state index is 0.438. The third-order valence-electron chi connectivity index (χ3n) is 6.04. The second-order valence-electron chi connectivity index (χ2n) is 8.06. The zero-order valence-electron chi connectivity index (χ0n) is 17.2. The third kappa shape index (κ3) is 3.82. The van der Waals surface area contributed by atoms with E-state index in [4.69, 9.17) is 31.3 Å². The molecule has 2 saturated heterocycles. The van der Waals surface area contributed by atoms with Crippen LogP contribution in [-0.4, -0.2) is 53.8 Å². The molecule has 2 aliphatic heterocycles. The highest BCUT2D eigenvalue weighted by Crippen LogP contribution is 2.31. The highest BCUT2D eigenvalue weighted by molar-refractivity contribution is 6.30. The van der Waals surface area contributed by atoms with Crippen LogP contribution in [-0.2, 0) is 4.74 Å². The molecule has 0 N–H and O–H groups in total. The molecule has 156 valence electrons. The Morgan fingerprint density at radius 3 is 2.50 bits per heavy atom. The average molecular weight is 424 g/mol. The summed E-state index contributed by atoms with van der Waals surface area (Å²) >= 11 is 6.06. The summed E-state index contributed by atoms with van der Waals surface area (Å²) in [5, 5.41) is 1.71. The molecule has 0 radical (unpaired) electrons. The van der Waals surface area contributed by atoms with Gasteiger partial charge in [-0.05, 0) is 50.5 Å². The Bertz CT molecular complexity index is 1040. The van der Waals surface area contributed by atoms with Crippen molar-refractivity contribution in [1.29, 1.82) is 0 Å². The number of fused-ring (bicyclic) bond motifs is 1. The number of nitrogens with zero attached hydrogens (tertiary/aromatic N) is 5. The molecule has 0 amide bonds. The van der Waals surface area contributed by atoms with Crippen LogP contribution in [0.15, 0.2) is 36.4 Å². The van der Waals surface area contributed by atoms with Crippen LogP contribution >= 0.6 is 11.6 Å². The van der Waals surface area contributed by atoms with Crippen molar-refractivity contribution in [2.45, 2.75) is 32.2 Å². The molecule has 0 aliphatic carbocycles. The topological polar surface area (TPSA) is 54.4 Å². The van der Waals surface area contributed by atoms with Crippen molar-refractivity contribution >= 4 is 34.4 Å². The maximum absolute atomic E-state index is 6.06. The van der Waals surface area contributed by atoms with Gasteiger partial charge in [0.05, 0.1) is 24.3 Å². The fourth-order valence-corrected chi connectivity index (χ4v) is 4.43. The number of aromatic nitrogens is 3. The van der Waals surface area contributed by atoms with Crippen LogP contribution in [0, 0.1) is 0 Å². The monoisotopic (exact) mass is 423 g/mol. The quantitative estimate of drug-likeness (QED) is 0.615. The molecule has 0 spiro atoms. The van der Waals surface area contributed by atoms with Crippen molar-refractivity contribution in [3.63, 3.8) is 0 Å². The Labute approximate surface area is 181 Å². The van der Waals surface area contributed by atoms with Gasteiger partial charge in [0, 0.05) is 36.3 Å². The van der Waals surface area contributed by atoms with Gasteiger partial charge < -0.3 is 14.5 Å². The average Bonchev–Trinajstić information content (AvgIpc) is 2.79. The largest absolute Gasteiger partial charge is 0.378 e. The minimum Gasteiger partial charge on any atom is -0.378 e. The second-order valence-corrected chi connectivity index (χ2v) is 8.50. The van der Waals surface area contributed by atoms with Crippen molar-refractivity contribution < 1.29 is 4.74 Å². The summed E-state index contributed by atoms with van der Waals surface area (Å²) in [6, 6.07) is 12.4. The van der Waals surface area contributed by atoms with Gasteiger partial charge >= 0.3 is 0 Å². The van der Waals surface area contributed by atoms with Gasteiger partial charge in [0.25, 0.3) is 0 Å². The van der Waals surface area contributed by atoms with E-state index in [9.17, 15) is 0 Å². The Morgan fingerprint density at radius 1 is 0.933 bits per heavy atom. The first-order valence-electron chi connectivity index (χ1n) is 10.7. The van der Waals surface area contributed by atoms with Crippen LogP contribution < -0.4 is 9.80 Å². The molecule has 1 aromatic carbocycles. The molecule has 5 rings (SSSR count). The Morgan fingerprint density at radius 2 is 1.73 bits per heavy atom. The highest BCUT2D eigenvalue weighted by atomic mass is 35.5. The van der Waals surface area contributed by atoms with Gasteiger partial charge in [0.1, 0.15) is 5.82 Å². The molecule has 30 heavy (non-hydrogen) atoms. The first-order valence-corrected chi connectivity index (χ1v) is 11.1. The zero-order valence-corrected chi connectivity index (χ0v) is 18.0. The van der Waals surface area contributed by atoms with E-state index in [0.717, 1.165) is 71.9 Å². The Balaban J connectivity index is 1.63. The molecule has 2 aromatic heterocycles. The van der Waals surface area contributed by atoms with Crippen molar-refractivity contribution in [2.75, 3.05) is 42.6 Å². The van der Waals surface area contributed by atoms with E-state index in [2.05, 4.69) is 22.8 Å². The number of hydrogen-bond acceptors (Lipinski definition) is 6. The maximum atomic E-state index is 6.06. The number of anilines is 2. The number of hydrogen-bond donors (Lipinski definition) is 0. The van der Waals surface area contributed by atoms with Crippen LogP contribution in [0.3, 0.4) is 0 Å². The summed E-state index contributed by atoms with van der Waals surface area (Å²) < 4.78 is 5.56. The normalized spacial score (nSPS) is 20.0. The molecule has 2 aliphatic rings. The molecular weight excluding hydrogens is 398 g/mol. The van der Waals surface area contributed by atoms with Gasteiger partial charge in [-0.25, -0.2) is 4.98 Å². The predicted molar refractivity (Wildman–Crippen MR) is 121 cm³/mol. The fourth-order valence-electron chi connectivity index (χ4n) is 4.30. The molecule has 3 aromatic rings. The van der Waals surface area contributed by atoms with Crippen molar-refractivity contribution in [3.05, 3.63) is 41.4 Å². The lowest BCUT2D eigenvalue weighted by Crippen LogP contribution is -2.40. The van der Waals surface area contributed by atoms with Crippen molar-refractivity contribution in [1.82, 2.24) is 15.0 Å². The van der Waals surface area contributed by atoms with Crippen LogP contribution in [0.5, 0.6) is 0 Å². The summed E-state index contributed by atoms with van der Waals surface area (Å²) in [5.41, 5.74) is 2.66. The van der Waals surface area contributed by atoms with Gasteiger partial charge in [-0.2, -0.15) is 9.97 Å². The second kappa shape index (κ2) is 8.36. The number of piperidine rings is 1. The lowest BCUT2D eigenvalue weighted by atomic mass is 10.0. The summed E-state index contributed by atoms with van der Waals surface area (Å²) in [6.45, 7) is 6.36. The third-order valence-corrected chi connectivity index (χ3v) is 6.29. The van der Waals surface area contributed by atoms with E-state index >= 15 is 0 Å². The van der Waals surface area contributed by atoms with E-state index in [1.54, 1.807) is 0 Å². The smallest absolute Gasteiger partial charge is 0.229 e. The van der Waals surface area contributed by atoms with Crippen molar-refractivity contribution in [3.8, 4) is 11.3 Å². The molecule has 4 heterocycles. The van der Waals surface area contributed by atoms with E-state index in [1.807, 2.05) is 30.3 Å². The number of halogens is 1. The predicted octanol–water partition coefficient (Wildman–Crippen LogP) is 4.56. The SMILES string of the molecule is CC1CCCCN1c1nc(N2CCOCC2)c2ccc(-c3ccc(Cl)cc3)nc2n1. The lowest BCUT2D eigenvalue weighted by molar-refractivity contribution is 0.122. The van der Waals surface area contributed by atoms with E-state index in [-0.39, 0.29) is 0 Å². The minimum atomic E-state index is 0.438. The molecular formula is C23H26ClN5O. The summed E-state index contributed by atoms with van der Waals surface area (Å²) in [5.74, 6) is 1.75. The number of morpholine rings is 1. The summed E-state index contributed by atoms with van der Waals surface area (Å²) in [7, 11) is 0. The van der Waals surface area contributed by atoms with Crippen LogP contribution in [0.2, 0.25) is 5.02 Å². The van der Waals surface area contributed by atoms with Gasteiger partial charge in [0.15, 0.2) is 5.65 Å². The van der Waals surface area contributed by atoms with E-state index in [1.165, 1.54) is 19.3 Å². The number of rotatable bonds is 3. The molecule has 7 heteroatoms. The van der Waals surface area contributed by atoms with Gasteiger partial charge in [-0.1, -0.05) is 23.7 Å². The highest BCUT2D eigenvalue weighted by Gasteiger charge is 2.24. The Hall–Kier alpha value is -2.44. The molecule has 1 atom stereocenters. The Kier molecular flexibility index (Phi) is 5.44. The molecule has 0 saturated carbocycles. The number of benzene rings is 1. The van der Waals surface area contributed by atoms with Gasteiger partial charge in [-0.15, -0.1) is 0 Å². The van der Waals surface area contributed by atoms with Gasteiger partial charge in [-0.3, -0.25) is 0 Å². The molecule has 0 bridgehead atoms. The van der Waals surface area contributed by atoms with Gasteiger partial charge in [0.2, 0.25) is 5.95 Å². The van der Waals surface area contributed by atoms with Crippen LogP contribution in [0.1, 0.15) is 26.2 Å². The van der Waals surface area contributed by atoms with E-state index < -0.39 is 0 Å². The standard InChI is InChI=1S/C23H26ClN5O/c1-16-4-2-3-11-29(16)23-26-21-19(22(27-23)28-12-14-30-15-13-28)9-10-20(25-21)17-5-7-18(24)8-6-17/h5-10,16H,2-4,11-15H2,1H3. The summed E-state index contributed by atoms with van der Waals surface area (Å²) in [6.07, 6.45) is 3.62. The number of pyridine rings is 1. The molecule has 2 fully saturated rings. The first-order chi connectivity index (χ1) is 14.7. The zero-order chi connectivity index (χ0) is 20.5. The molecule has 6 nitrogen and oxygen atoms in total. The fraction of sp³-hybridized carbons (Fsp3) is 0.435. The van der Waals surface area contributed by atoms with Crippen LogP contribution in [0.4, 0.5) is 11.8 Å².